The highest BCUT2D eigenvalue weighted by atomic mass is 16.7. The molecule has 0 radical (unpaired) electrons. The molecule has 0 heterocycles. The van der Waals surface area contributed by atoms with E-state index >= 15 is 0 Å². The van der Waals surface area contributed by atoms with Crippen molar-refractivity contribution in [3.05, 3.63) is 60.2 Å². The molecule has 0 aliphatic heterocycles. The van der Waals surface area contributed by atoms with Crippen LogP contribution in [0.5, 0.6) is 11.5 Å². The highest BCUT2D eigenvalue weighted by molar-refractivity contribution is 5.93. The fourth-order valence-electron chi connectivity index (χ4n) is 1.64. The molecule has 5 heteroatoms. The van der Waals surface area contributed by atoms with E-state index in [2.05, 4.69) is 5.48 Å². The Kier molecular flexibility index (Phi) is 5.60. The second-order valence-corrected chi connectivity index (χ2v) is 4.17. The van der Waals surface area contributed by atoms with Crippen molar-refractivity contribution in [1.82, 2.24) is 5.48 Å². The van der Waals surface area contributed by atoms with Crippen LogP contribution in [0.3, 0.4) is 0 Å². The van der Waals surface area contributed by atoms with E-state index in [9.17, 15) is 4.79 Å². The quantitative estimate of drug-likeness (QED) is 0.627. The number of rotatable bonds is 7. The van der Waals surface area contributed by atoms with Crippen LogP contribution in [0.4, 0.5) is 0 Å². The first-order chi connectivity index (χ1) is 10.3. The van der Waals surface area contributed by atoms with Crippen LogP contribution in [0.15, 0.2) is 54.6 Å². The van der Waals surface area contributed by atoms with Gasteiger partial charge in [-0.1, -0.05) is 18.2 Å². The third-order valence-electron chi connectivity index (χ3n) is 2.71. The van der Waals surface area contributed by atoms with Gasteiger partial charge in [0.15, 0.2) is 0 Å². The average Bonchev–Trinajstić information content (AvgIpc) is 2.55. The van der Waals surface area contributed by atoms with Crippen LogP contribution in [0, 0.1) is 0 Å². The van der Waals surface area contributed by atoms with Gasteiger partial charge < -0.3 is 9.47 Å². The Morgan fingerprint density at radius 3 is 2.33 bits per heavy atom. The Labute approximate surface area is 123 Å². The molecule has 0 fully saturated rings. The molecule has 1 amide bonds. The molecular formula is C16H17NO4. The molecule has 0 spiro atoms. The van der Waals surface area contributed by atoms with E-state index in [0.717, 1.165) is 5.75 Å². The second-order valence-electron chi connectivity index (χ2n) is 4.17. The molecule has 0 unspecified atom stereocenters. The molecule has 110 valence electrons. The van der Waals surface area contributed by atoms with E-state index < -0.39 is 0 Å². The van der Waals surface area contributed by atoms with Gasteiger partial charge in [-0.2, -0.15) is 0 Å². The molecule has 0 bridgehead atoms. The van der Waals surface area contributed by atoms with E-state index in [-0.39, 0.29) is 12.5 Å². The minimum absolute atomic E-state index is 0.261. The summed E-state index contributed by atoms with van der Waals surface area (Å²) in [7, 11) is 1.57. The summed E-state index contributed by atoms with van der Waals surface area (Å²) in [5.41, 5.74) is 2.86. The summed E-state index contributed by atoms with van der Waals surface area (Å²) in [6.45, 7) is 0.615. The zero-order valence-corrected chi connectivity index (χ0v) is 11.7. The lowest BCUT2D eigenvalue weighted by molar-refractivity contribution is 0.0200. The van der Waals surface area contributed by atoms with Crippen molar-refractivity contribution in [2.24, 2.45) is 0 Å². The van der Waals surface area contributed by atoms with Gasteiger partial charge in [-0.25, -0.2) is 5.48 Å². The predicted octanol–water partition coefficient (Wildman–Crippen LogP) is 2.44. The number of carbonyl (C=O) groups is 1. The van der Waals surface area contributed by atoms with Crippen molar-refractivity contribution < 1.29 is 19.1 Å². The SMILES string of the molecule is COc1ccc(C(=O)NOCCOc2ccccc2)cc1. The first kappa shape index (κ1) is 14.9. The number of para-hydroxylation sites is 1. The van der Waals surface area contributed by atoms with Crippen LogP contribution < -0.4 is 15.0 Å². The normalized spacial score (nSPS) is 9.95. The summed E-state index contributed by atoms with van der Waals surface area (Å²) >= 11 is 0. The number of ether oxygens (including phenoxy) is 2. The zero-order valence-electron chi connectivity index (χ0n) is 11.7. The molecule has 2 aromatic rings. The molecule has 0 saturated carbocycles. The summed E-state index contributed by atoms with van der Waals surface area (Å²) in [6.07, 6.45) is 0. The first-order valence-electron chi connectivity index (χ1n) is 6.53. The lowest BCUT2D eigenvalue weighted by atomic mass is 10.2. The molecule has 1 N–H and O–H groups in total. The number of amides is 1. The maximum absolute atomic E-state index is 11.8. The Bertz CT molecular complexity index is 554. The van der Waals surface area contributed by atoms with Gasteiger partial charge in [-0.3, -0.25) is 9.63 Å². The summed E-state index contributed by atoms with van der Waals surface area (Å²) in [5, 5.41) is 0. The van der Waals surface area contributed by atoms with Gasteiger partial charge in [-0.05, 0) is 36.4 Å². The van der Waals surface area contributed by atoms with Crippen molar-refractivity contribution in [2.45, 2.75) is 0 Å². The molecule has 2 rings (SSSR count). The van der Waals surface area contributed by atoms with E-state index in [1.165, 1.54) is 0 Å². The van der Waals surface area contributed by atoms with Crippen LogP contribution >= 0.6 is 0 Å². The Hall–Kier alpha value is -2.53. The number of methoxy groups -OCH3 is 1. The minimum atomic E-state index is -0.308. The van der Waals surface area contributed by atoms with Crippen molar-refractivity contribution in [1.29, 1.82) is 0 Å². The lowest BCUT2D eigenvalue weighted by Gasteiger charge is -2.08. The molecule has 0 aliphatic carbocycles. The number of benzene rings is 2. The molecular weight excluding hydrogens is 270 g/mol. The number of hydroxylamine groups is 1. The maximum Gasteiger partial charge on any atom is 0.274 e. The van der Waals surface area contributed by atoms with Crippen molar-refractivity contribution >= 4 is 5.91 Å². The summed E-state index contributed by atoms with van der Waals surface area (Å²) in [5.74, 6) is 1.16. The molecule has 5 nitrogen and oxygen atoms in total. The van der Waals surface area contributed by atoms with Crippen LogP contribution in [0.25, 0.3) is 0 Å². The molecule has 0 saturated heterocycles. The maximum atomic E-state index is 11.8. The summed E-state index contributed by atoms with van der Waals surface area (Å²) in [6, 6.07) is 16.2. The zero-order chi connectivity index (χ0) is 14.9. The molecule has 0 atom stereocenters. The highest BCUT2D eigenvalue weighted by Gasteiger charge is 2.05. The van der Waals surface area contributed by atoms with Crippen LogP contribution in [-0.2, 0) is 4.84 Å². The van der Waals surface area contributed by atoms with Gasteiger partial charge in [-0.15, -0.1) is 0 Å². The summed E-state index contributed by atoms with van der Waals surface area (Å²) < 4.78 is 10.5. The fraction of sp³-hybridized carbons (Fsp3) is 0.188. The van der Waals surface area contributed by atoms with Crippen molar-refractivity contribution in [3.8, 4) is 11.5 Å². The summed E-state index contributed by atoms with van der Waals surface area (Å²) in [4.78, 5) is 16.8. The van der Waals surface area contributed by atoms with E-state index in [1.807, 2.05) is 30.3 Å². The van der Waals surface area contributed by atoms with Gasteiger partial charge in [0.25, 0.3) is 5.91 Å². The Morgan fingerprint density at radius 2 is 1.67 bits per heavy atom. The number of carbonyl (C=O) groups excluding carboxylic acids is 1. The number of hydrogen-bond donors (Lipinski definition) is 1. The van der Waals surface area contributed by atoms with E-state index in [1.54, 1.807) is 31.4 Å². The molecule has 0 aromatic heterocycles. The van der Waals surface area contributed by atoms with Gasteiger partial charge in [0.1, 0.15) is 24.7 Å². The van der Waals surface area contributed by atoms with Crippen molar-refractivity contribution in [3.63, 3.8) is 0 Å². The standard InChI is InChI=1S/C16H17NO4/c1-19-14-9-7-13(8-10-14)16(18)17-21-12-11-20-15-5-3-2-4-6-15/h2-10H,11-12H2,1H3,(H,17,18). The topological polar surface area (TPSA) is 56.8 Å². The lowest BCUT2D eigenvalue weighted by Crippen LogP contribution is -2.25. The highest BCUT2D eigenvalue weighted by Crippen LogP contribution is 2.11. The van der Waals surface area contributed by atoms with Gasteiger partial charge in [0.2, 0.25) is 0 Å². The van der Waals surface area contributed by atoms with Gasteiger partial charge in [0.05, 0.1) is 7.11 Å². The third-order valence-corrected chi connectivity index (χ3v) is 2.71. The van der Waals surface area contributed by atoms with Crippen molar-refractivity contribution in [2.75, 3.05) is 20.3 Å². The number of hydrogen-bond acceptors (Lipinski definition) is 4. The van der Waals surface area contributed by atoms with Crippen LogP contribution in [-0.4, -0.2) is 26.2 Å². The minimum Gasteiger partial charge on any atom is -0.497 e. The Balaban J connectivity index is 1.67. The molecule has 21 heavy (non-hydrogen) atoms. The third kappa shape index (κ3) is 4.81. The van der Waals surface area contributed by atoms with Gasteiger partial charge >= 0.3 is 0 Å². The van der Waals surface area contributed by atoms with Gasteiger partial charge in [0, 0.05) is 5.56 Å². The Morgan fingerprint density at radius 1 is 0.952 bits per heavy atom. The van der Waals surface area contributed by atoms with Crippen LogP contribution in [0.2, 0.25) is 0 Å². The van der Waals surface area contributed by atoms with E-state index in [0.29, 0.717) is 17.9 Å². The molecule has 2 aromatic carbocycles. The predicted molar refractivity (Wildman–Crippen MR) is 78.3 cm³/mol. The monoisotopic (exact) mass is 287 g/mol. The van der Waals surface area contributed by atoms with E-state index in [4.69, 9.17) is 14.3 Å². The molecule has 0 aliphatic rings. The number of nitrogens with one attached hydrogen (secondary N) is 1. The average molecular weight is 287 g/mol. The first-order valence-corrected chi connectivity index (χ1v) is 6.53. The smallest absolute Gasteiger partial charge is 0.274 e. The largest absolute Gasteiger partial charge is 0.497 e. The fourth-order valence-corrected chi connectivity index (χ4v) is 1.64. The van der Waals surface area contributed by atoms with Crippen LogP contribution in [0.1, 0.15) is 10.4 Å². The second kappa shape index (κ2) is 7.91.